The summed E-state index contributed by atoms with van der Waals surface area (Å²) in [4.78, 5) is 18.1. The molecule has 1 aromatic rings. The Labute approximate surface area is 58.1 Å². The summed E-state index contributed by atoms with van der Waals surface area (Å²) < 4.78 is 0. The van der Waals surface area contributed by atoms with Crippen molar-refractivity contribution in [2.75, 3.05) is 5.73 Å². The highest BCUT2D eigenvalue weighted by molar-refractivity contribution is 5.91. The highest BCUT2D eigenvalue weighted by Gasteiger charge is 1.99. The highest BCUT2D eigenvalue weighted by atomic mass is 16.1. The summed E-state index contributed by atoms with van der Waals surface area (Å²) in [7, 11) is 0. The van der Waals surface area contributed by atoms with Crippen LogP contribution in [0.15, 0.2) is 12.4 Å². The molecular weight excluding hydrogens is 130 g/mol. The first-order valence-corrected chi connectivity index (χ1v) is 2.78. The van der Waals surface area contributed by atoms with Gasteiger partial charge in [-0.05, 0) is 0 Å². The van der Waals surface area contributed by atoms with Crippen LogP contribution >= 0.6 is 0 Å². The first-order chi connectivity index (χ1) is 4.70. The SMILES string of the molecule is CC(=O)c1cncc(N)n1. The molecule has 0 aliphatic rings. The third kappa shape index (κ3) is 1.28. The summed E-state index contributed by atoms with van der Waals surface area (Å²) in [5.41, 5.74) is 5.58. The lowest BCUT2D eigenvalue weighted by molar-refractivity contribution is 0.101. The maximum Gasteiger partial charge on any atom is 0.179 e. The number of nitrogens with two attached hydrogens (primary N) is 1. The van der Waals surface area contributed by atoms with E-state index in [1.54, 1.807) is 0 Å². The third-order valence-electron chi connectivity index (χ3n) is 1.01. The summed E-state index contributed by atoms with van der Waals surface area (Å²) in [5, 5.41) is 0. The summed E-state index contributed by atoms with van der Waals surface area (Å²) in [6, 6.07) is 0. The highest BCUT2D eigenvalue weighted by Crippen LogP contribution is 1.96. The van der Waals surface area contributed by atoms with E-state index >= 15 is 0 Å². The molecule has 0 aliphatic heterocycles. The molecule has 0 amide bonds. The van der Waals surface area contributed by atoms with E-state index in [1.165, 1.54) is 19.3 Å². The normalized spacial score (nSPS) is 9.30. The third-order valence-corrected chi connectivity index (χ3v) is 1.01. The Morgan fingerprint density at radius 1 is 1.60 bits per heavy atom. The molecule has 2 N–H and O–H groups in total. The molecule has 1 rings (SSSR count). The summed E-state index contributed by atoms with van der Waals surface area (Å²) in [6.45, 7) is 1.42. The van der Waals surface area contributed by atoms with Gasteiger partial charge in [0.1, 0.15) is 11.5 Å². The fourth-order valence-corrected chi connectivity index (χ4v) is 0.551. The Morgan fingerprint density at radius 2 is 2.30 bits per heavy atom. The van der Waals surface area contributed by atoms with Crippen LogP contribution in [0.5, 0.6) is 0 Å². The molecule has 0 bridgehead atoms. The summed E-state index contributed by atoms with van der Waals surface area (Å²) in [5.74, 6) is 0.146. The molecule has 0 aliphatic carbocycles. The van der Waals surface area contributed by atoms with Gasteiger partial charge in [-0.2, -0.15) is 0 Å². The number of carbonyl (C=O) groups excluding carboxylic acids is 1. The second-order valence-corrected chi connectivity index (χ2v) is 1.89. The van der Waals surface area contributed by atoms with Gasteiger partial charge in [-0.15, -0.1) is 0 Å². The molecule has 52 valence electrons. The van der Waals surface area contributed by atoms with Crippen LogP contribution in [0.3, 0.4) is 0 Å². The molecule has 0 radical (unpaired) electrons. The van der Waals surface area contributed by atoms with Crippen LogP contribution in [0.1, 0.15) is 17.4 Å². The number of hydrogen-bond donors (Lipinski definition) is 1. The van der Waals surface area contributed by atoms with Gasteiger partial charge >= 0.3 is 0 Å². The Morgan fingerprint density at radius 3 is 2.70 bits per heavy atom. The first kappa shape index (κ1) is 6.67. The van der Waals surface area contributed by atoms with E-state index < -0.39 is 0 Å². The molecule has 1 aromatic heterocycles. The zero-order chi connectivity index (χ0) is 7.56. The minimum Gasteiger partial charge on any atom is -0.382 e. The molecule has 0 aromatic carbocycles. The van der Waals surface area contributed by atoms with Crippen LogP contribution in [0.2, 0.25) is 0 Å². The van der Waals surface area contributed by atoms with Crippen LogP contribution in [0.25, 0.3) is 0 Å². The number of aromatic nitrogens is 2. The van der Waals surface area contributed by atoms with Gasteiger partial charge in [0.05, 0.1) is 12.4 Å². The lowest BCUT2D eigenvalue weighted by Crippen LogP contribution is -2.00. The average molecular weight is 137 g/mol. The van der Waals surface area contributed by atoms with Crippen LogP contribution in [-0.4, -0.2) is 15.8 Å². The summed E-state index contributed by atoms with van der Waals surface area (Å²) >= 11 is 0. The molecule has 4 nitrogen and oxygen atoms in total. The van der Waals surface area contributed by atoms with E-state index in [2.05, 4.69) is 9.97 Å². The monoisotopic (exact) mass is 137 g/mol. The van der Waals surface area contributed by atoms with Crippen molar-refractivity contribution < 1.29 is 4.79 Å². The molecular formula is C6H7N3O. The number of hydrogen-bond acceptors (Lipinski definition) is 4. The molecule has 0 saturated heterocycles. The summed E-state index contributed by atoms with van der Waals surface area (Å²) in [6.07, 6.45) is 2.78. The topological polar surface area (TPSA) is 68.9 Å². The molecule has 0 fully saturated rings. The standard InChI is InChI=1S/C6H7N3O/c1-4(10)5-2-8-3-6(7)9-5/h2-3H,1H3,(H2,7,9). The van der Waals surface area contributed by atoms with E-state index in [0.29, 0.717) is 5.69 Å². The number of Topliss-reactive ketones (excluding diaryl/α,β-unsaturated/α-hetero) is 1. The van der Waals surface area contributed by atoms with Crippen LogP contribution in [0, 0.1) is 0 Å². The van der Waals surface area contributed by atoms with Crippen LogP contribution < -0.4 is 5.73 Å². The van der Waals surface area contributed by atoms with Gasteiger partial charge in [-0.25, -0.2) is 4.98 Å². The van der Waals surface area contributed by atoms with E-state index in [0.717, 1.165) is 0 Å². The number of anilines is 1. The molecule has 10 heavy (non-hydrogen) atoms. The maximum absolute atomic E-state index is 10.6. The van der Waals surface area contributed by atoms with Crippen LogP contribution in [-0.2, 0) is 0 Å². The van der Waals surface area contributed by atoms with Gasteiger partial charge in [-0.1, -0.05) is 0 Å². The van der Waals surface area contributed by atoms with Gasteiger partial charge in [0.2, 0.25) is 0 Å². The van der Waals surface area contributed by atoms with E-state index in [4.69, 9.17) is 5.73 Å². The van der Waals surface area contributed by atoms with Crippen molar-refractivity contribution in [1.29, 1.82) is 0 Å². The van der Waals surface area contributed by atoms with E-state index in [-0.39, 0.29) is 11.6 Å². The quantitative estimate of drug-likeness (QED) is 0.564. The Balaban J connectivity index is 3.07. The second-order valence-electron chi connectivity index (χ2n) is 1.89. The van der Waals surface area contributed by atoms with Crippen molar-refractivity contribution in [2.45, 2.75) is 6.92 Å². The molecule has 1 heterocycles. The lowest BCUT2D eigenvalue weighted by atomic mass is 10.3. The smallest absolute Gasteiger partial charge is 0.179 e. The number of ketones is 1. The predicted octanol–water partition coefficient (Wildman–Crippen LogP) is 0.261. The van der Waals surface area contributed by atoms with Crippen molar-refractivity contribution in [1.82, 2.24) is 9.97 Å². The fourth-order valence-electron chi connectivity index (χ4n) is 0.551. The second kappa shape index (κ2) is 2.43. The van der Waals surface area contributed by atoms with Crippen molar-refractivity contribution in [2.24, 2.45) is 0 Å². The van der Waals surface area contributed by atoms with Crippen molar-refractivity contribution >= 4 is 11.6 Å². The van der Waals surface area contributed by atoms with Gasteiger partial charge in [0.15, 0.2) is 5.78 Å². The van der Waals surface area contributed by atoms with E-state index in [1.807, 2.05) is 0 Å². The van der Waals surface area contributed by atoms with Crippen molar-refractivity contribution in [3.05, 3.63) is 18.1 Å². The minimum atomic E-state index is -0.125. The number of nitrogens with zero attached hydrogens (tertiary/aromatic N) is 2. The molecule has 0 spiro atoms. The largest absolute Gasteiger partial charge is 0.382 e. The van der Waals surface area contributed by atoms with Gasteiger partial charge < -0.3 is 5.73 Å². The minimum absolute atomic E-state index is 0.125. The zero-order valence-electron chi connectivity index (χ0n) is 5.53. The zero-order valence-corrected chi connectivity index (χ0v) is 5.53. The molecule has 0 saturated carbocycles. The van der Waals surface area contributed by atoms with Crippen molar-refractivity contribution in [3.8, 4) is 0 Å². The Kier molecular flexibility index (Phi) is 1.62. The maximum atomic E-state index is 10.6. The molecule has 4 heteroatoms. The lowest BCUT2D eigenvalue weighted by Gasteiger charge is -1.93. The van der Waals surface area contributed by atoms with Gasteiger partial charge in [0.25, 0.3) is 0 Å². The molecule has 0 unspecified atom stereocenters. The van der Waals surface area contributed by atoms with Crippen LogP contribution in [0.4, 0.5) is 5.82 Å². The van der Waals surface area contributed by atoms with Crippen molar-refractivity contribution in [3.63, 3.8) is 0 Å². The predicted molar refractivity (Wildman–Crippen MR) is 36.4 cm³/mol. The molecule has 0 atom stereocenters. The Hall–Kier alpha value is -1.45. The van der Waals surface area contributed by atoms with Gasteiger partial charge in [-0.3, -0.25) is 9.78 Å². The first-order valence-electron chi connectivity index (χ1n) is 2.78. The average Bonchev–Trinajstić information content (AvgIpc) is 1.88. The fraction of sp³-hybridized carbons (Fsp3) is 0.167. The number of rotatable bonds is 1. The number of carbonyl (C=O) groups is 1. The van der Waals surface area contributed by atoms with Gasteiger partial charge in [0, 0.05) is 6.92 Å². The number of nitrogen functional groups attached to an aromatic ring is 1. The Bertz CT molecular complexity index is 259. The van der Waals surface area contributed by atoms with E-state index in [9.17, 15) is 4.79 Å².